The number of nitrogens with two attached hydrogens (primary N) is 1. The lowest BCUT2D eigenvalue weighted by atomic mass is 9.87. The molecule has 1 atom stereocenters. The molecule has 0 spiro atoms. The van der Waals surface area contributed by atoms with E-state index in [1.165, 1.54) is 23.3 Å². The minimum atomic E-state index is -4.55. The van der Waals surface area contributed by atoms with E-state index in [1.807, 2.05) is 12.1 Å². The maximum absolute atomic E-state index is 11.7. The van der Waals surface area contributed by atoms with E-state index in [-0.39, 0.29) is 11.0 Å². The molecule has 0 aliphatic carbocycles. The van der Waals surface area contributed by atoms with Crippen molar-refractivity contribution < 1.29 is 17.8 Å². The van der Waals surface area contributed by atoms with Gasteiger partial charge < -0.3 is 10.6 Å². The van der Waals surface area contributed by atoms with Gasteiger partial charge in [-0.1, -0.05) is 32.9 Å². The van der Waals surface area contributed by atoms with Gasteiger partial charge in [-0.05, 0) is 35.3 Å². The van der Waals surface area contributed by atoms with Gasteiger partial charge in [0.1, 0.15) is 0 Å². The van der Waals surface area contributed by atoms with Crippen LogP contribution in [-0.2, 0) is 20.3 Å². The number of primary amides is 1. The number of allylic oxidation sites excluding steroid dienone is 2. The number of anilines is 1. The summed E-state index contributed by atoms with van der Waals surface area (Å²) in [5, 5.41) is -1.55. The van der Waals surface area contributed by atoms with Gasteiger partial charge in [-0.3, -0.25) is 9.35 Å². The first-order valence-electron chi connectivity index (χ1n) is 7.05. The largest absolute Gasteiger partial charge is 0.366 e. The smallest absolute Gasteiger partial charge is 0.291 e. The van der Waals surface area contributed by atoms with Gasteiger partial charge in [0.25, 0.3) is 10.1 Å². The number of nitrogens with zero attached hydrogens (tertiary/aromatic N) is 1. The zero-order valence-electron chi connectivity index (χ0n) is 13.2. The Morgan fingerprint density at radius 1 is 1.22 bits per heavy atom. The molecule has 1 aliphatic heterocycles. The molecule has 0 radical (unpaired) electrons. The molecular weight excluding hydrogens is 316 g/mol. The molecule has 0 saturated heterocycles. The van der Waals surface area contributed by atoms with Crippen molar-refractivity contribution in [3.63, 3.8) is 0 Å². The minimum Gasteiger partial charge on any atom is -0.366 e. The standard InChI is InChI=1S/C16H20N2O4S/c1-16(2,3)11-6-8-12(9-7-11)18-10-4-5-13(14(17)19)15(18)23(20,21)22/h4-10,15H,1-3H3,(H2,17,19)(H,20,21,22). The fourth-order valence-corrected chi connectivity index (χ4v) is 3.41. The third kappa shape index (κ3) is 3.62. The Morgan fingerprint density at radius 3 is 2.22 bits per heavy atom. The van der Waals surface area contributed by atoms with E-state index in [1.54, 1.807) is 12.1 Å². The Hall–Kier alpha value is -2.12. The van der Waals surface area contributed by atoms with E-state index < -0.39 is 21.4 Å². The van der Waals surface area contributed by atoms with Crippen molar-refractivity contribution in [1.82, 2.24) is 0 Å². The second-order valence-corrected chi connectivity index (χ2v) is 7.88. The molecule has 1 aromatic carbocycles. The Bertz CT molecular complexity index is 771. The Balaban J connectivity index is 2.47. The summed E-state index contributed by atoms with van der Waals surface area (Å²) in [4.78, 5) is 12.8. The number of carbonyl (C=O) groups excluding carboxylic acids is 1. The first-order chi connectivity index (χ1) is 10.5. The van der Waals surface area contributed by atoms with Crippen molar-refractivity contribution in [2.45, 2.75) is 31.6 Å². The monoisotopic (exact) mass is 336 g/mol. The van der Waals surface area contributed by atoms with Crippen LogP contribution in [0.25, 0.3) is 0 Å². The maximum atomic E-state index is 11.7. The lowest BCUT2D eigenvalue weighted by Gasteiger charge is -2.31. The van der Waals surface area contributed by atoms with E-state index >= 15 is 0 Å². The highest BCUT2D eigenvalue weighted by Crippen LogP contribution is 2.30. The summed E-state index contributed by atoms with van der Waals surface area (Å²) in [7, 11) is -4.55. The van der Waals surface area contributed by atoms with Gasteiger partial charge in [-0.25, -0.2) is 0 Å². The lowest BCUT2D eigenvalue weighted by Crippen LogP contribution is -2.44. The molecule has 7 heteroatoms. The number of hydrogen-bond acceptors (Lipinski definition) is 4. The molecule has 1 amide bonds. The van der Waals surface area contributed by atoms with Crippen molar-refractivity contribution in [3.8, 4) is 0 Å². The molecule has 124 valence electrons. The van der Waals surface area contributed by atoms with Crippen LogP contribution in [0, 0.1) is 0 Å². The van der Waals surface area contributed by atoms with E-state index in [2.05, 4.69) is 20.8 Å². The van der Waals surface area contributed by atoms with Gasteiger partial charge in [0, 0.05) is 11.9 Å². The van der Waals surface area contributed by atoms with Gasteiger partial charge in [0.2, 0.25) is 5.91 Å². The second-order valence-electron chi connectivity index (χ2n) is 6.40. The molecular formula is C16H20N2O4S. The second kappa shape index (κ2) is 5.82. The lowest BCUT2D eigenvalue weighted by molar-refractivity contribution is -0.114. The summed E-state index contributed by atoms with van der Waals surface area (Å²) in [5.41, 5.74) is 6.61. The molecule has 0 saturated carbocycles. The zero-order chi connectivity index (χ0) is 17.4. The summed E-state index contributed by atoms with van der Waals surface area (Å²) >= 11 is 0. The molecule has 0 fully saturated rings. The first-order valence-corrected chi connectivity index (χ1v) is 8.55. The van der Waals surface area contributed by atoms with Crippen molar-refractivity contribution in [2.75, 3.05) is 4.90 Å². The molecule has 6 nitrogen and oxygen atoms in total. The molecule has 23 heavy (non-hydrogen) atoms. The van der Waals surface area contributed by atoms with Gasteiger partial charge in [0.15, 0.2) is 5.37 Å². The summed E-state index contributed by atoms with van der Waals surface area (Å²) in [6, 6.07) is 7.25. The fraction of sp³-hybridized carbons (Fsp3) is 0.312. The molecule has 1 aromatic rings. The predicted octanol–water partition coefficient (Wildman–Crippen LogP) is 1.94. The van der Waals surface area contributed by atoms with E-state index in [0.29, 0.717) is 5.69 Å². The summed E-state index contributed by atoms with van der Waals surface area (Å²) in [5.74, 6) is -0.895. The highest BCUT2D eigenvalue weighted by Gasteiger charge is 2.37. The van der Waals surface area contributed by atoms with Crippen LogP contribution >= 0.6 is 0 Å². The maximum Gasteiger partial charge on any atom is 0.291 e. The highest BCUT2D eigenvalue weighted by molar-refractivity contribution is 7.86. The van der Waals surface area contributed by atoms with Crippen LogP contribution in [0.5, 0.6) is 0 Å². The van der Waals surface area contributed by atoms with Gasteiger partial charge in [-0.15, -0.1) is 0 Å². The van der Waals surface area contributed by atoms with Gasteiger partial charge >= 0.3 is 0 Å². The number of hydrogen-bond donors (Lipinski definition) is 2. The van der Waals surface area contributed by atoms with Crippen LogP contribution in [0.4, 0.5) is 5.69 Å². The van der Waals surface area contributed by atoms with Crippen LogP contribution in [0.1, 0.15) is 26.3 Å². The quantitative estimate of drug-likeness (QED) is 0.822. The van der Waals surface area contributed by atoms with E-state index in [0.717, 1.165) is 5.56 Å². The Kier molecular flexibility index (Phi) is 4.37. The number of carbonyl (C=O) groups is 1. The fourth-order valence-electron chi connectivity index (χ4n) is 2.41. The molecule has 3 N–H and O–H groups in total. The topological polar surface area (TPSA) is 101 Å². The minimum absolute atomic E-state index is 0.0446. The van der Waals surface area contributed by atoms with E-state index in [9.17, 15) is 17.8 Å². The predicted molar refractivity (Wildman–Crippen MR) is 89.4 cm³/mol. The van der Waals surface area contributed by atoms with E-state index in [4.69, 9.17) is 5.73 Å². The summed E-state index contributed by atoms with van der Waals surface area (Å²) in [6.07, 6.45) is 4.29. The Morgan fingerprint density at radius 2 is 1.78 bits per heavy atom. The first kappa shape index (κ1) is 17.2. The normalized spacial score (nSPS) is 18.7. The van der Waals surface area contributed by atoms with Crippen LogP contribution in [0.2, 0.25) is 0 Å². The van der Waals surface area contributed by atoms with Crippen molar-refractivity contribution in [3.05, 3.63) is 53.8 Å². The molecule has 0 bridgehead atoms. The molecule has 1 aliphatic rings. The summed E-state index contributed by atoms with van der Waals surface area (Å²) in [6.45, 7) is 6.20. The van der Waals surface area contributed by atoms with Crippen LogP contribution < -0.4 is 10.6 Å². The average Bonchev–Trinajstić information content (AvgIpc) is 2.44. The van der Waals surface area contributed by atoms with Gasteiger partial charge in [-0.2, -0.15) is 8.42 Å². The zero-order valence-corrected chi connectivity index (χ0v) is 14.0. The van der Waals surface area contributed by atoms with Crippen LogP contribution in [-0.4, -0.2) is 24.3 Å². The molecule has 1 heterocycles. The van der Waals surface area contributed by atoms with Crippen molar-refractivity contribution in [1.29, 1.82) is 0 Å². The van der Waals surface area contributed by atoms with Crippen molar-refractivity contribution >= 4 is 21.7 Å². The van der Waals surface area contributed by atoms with Gasteiger partial charge in [0.05, 0.1) is 5.57 Å². The SMILES string of the molecule is CC(C)(C)c1ccc(N2C=CC=C(C(N)=O)C2S(=O)(=O)O)cc1. The summed E-state index contributed by atoms with van der Waals surface area (Å²) < 4.78 is 33.0. The van der Waals surface area contributed by atoms with Crippen LogP contribution in [0.3, 0.4) is 0 Å². The average molecular weight is 336 g/mol. The van der Waals surface area contributed by atoms with Crippen LogP contribution in [0.15, 0.2) is 48.2 Å². The molecule has 0 aromatic heterocycles. The highest BCUT2D eigenvalue weighted by atomic mass is 32.2. The number of rotatable bonds is 3. The number of benzene rings is 1. The van der Waals surface area contributed by atoms with Crippen molar-refractivity contribution in [2.24, 2.45) is 5.73 Å². The Labute approximate surface area is 136 Å². The third-order valence-corrected chi connectivity index (χ3v) is 4.68. The molecule has 1 unspecified atom stereocenters. The molecule has 2 rings (SSSR count). The number of amides is 1. The third-order valence-electron chi connectivity index (χ3n) is 3.64.